The van der Waals surface area contributed by atoms with Crippen molar-refractivity contribution in [2.45, 2.75) is 38.5 Å². The zero-order chi connectivity index (χ0) is 24.5. The van der Waals surface area contributed by atoms with Crippen LogP contribution in [0.5, 0.6) is 0 Å². The van der Waals surface area contributed by atoms with E-state index in [9.17, 15) is 13.2 Å². The minimum atomic E-state index is -3.55. The Kier molecular flexibility index (Phi) is 7.31. The Balaban J connectivity index is 1.35. The molecule has 0 aliphatic carbocycles. The SMILES string of the molecule is Cc1ccc(S(=O)(=O)N2CCC(C(=O)Nc3ccc(N4CCN(C)CC4)c(C)c3)CC2)c(C)c1. The molecule has 0 spiro atoms. The number of rotatable bonds is 5. The van der Waals surface area contributed by atoms with Crippen LogP contribution in [0.1, 0.15) is 29.5 Å². The summed E-state index contributed by atoms with van der Waals surface area (Å²) in [5.74, 6) is -0.224. The van der Waals surface area contributed by atoms with Crippen molar-refractivity contribution in [3.63, 3.8) is 0 Å². The Labute approximate surface area is 203 Å². The van der Waals surface area contributed by atoms with Gasteiger partial charge in [0, 0.05) is 56.6 Å². The highest BCUT2D eigenvalue weighted by atomic mass is 32.2. The Bertz CT molecular complexity index is 1150. The van der Waals surface area contributed by atoms with Gasteiger partial charge in [0.05, 0.1) is 4.90 Å². The summed E-state index contributed by atoms with van der Waals surface area (Å²) >= 11 is 0. The molecule has 2 fully saturated rings. The third-order valence-corrected chi connectivity index (χ3v) is 9.14. The molecule has 34 heavy (non-hydrogen) atoms. The van der Waals surface area contributed by atoms with Gasteiger partial charge in [-0.05, 0) is 76.1 Å². The molecule has 0 aromatic heterocycles. The van der Waals surface area contributed by atoms with Crippen molar-refractivity contribution in [3.8, 4) is 0 Å². The molecule has 2 aliphatic heterocycles. The molecule has 4 rings (SSSR count). The van der Waals surface area contributed by atoms with Gasteiger partial charge in [0.25, 0.3) is 0 Å². The molecule has 0 unspecified atom stereocenters. The third-order valence-electron chi connectivity index (χ3n) is 7.08. The maximum Gasteiger partial charge on any atom is 0.243 e. The van der Waals surface area contributed by atoms with Crippen LogP contribution in [-0.2, 0) is 14.8 Å². The van der Waals surface area contributed by atoms with Gasteiger partial charge in [-0.25, -0.2) is 8.42 Å². The fourth-order valence-electron chi connectivity index (χ4n) is 4.97. The quantitative estimate of drug-likeness (QED) is 0.704. The molecule has 0 bridgehead atoms. The monoisotopic (exact) mass is 484 g/mol. The van der Waals surface area contributed by atoms with Gasteiger partial charge in [0.15, 0.2) is 0 Å². The molecule has 184 valence electrons. The van der Waals surface area contributed by atoms with E-state index in [4.69, 9.17) is 0 Å². The van der Waals surface area contributed by atoms with Crippen LogP contribution in [0.4, 0.5) is 11.4 Å². The molecule has 7 nitrogen and oxygen atoms in total. The molecule has 2 aromatic carbocycles. The van der Waals surface area contributed by atoms with Crippen molar-refractivity contribution in [3.05, 3.63) is 53.1 Å². The number of sulfonamides is 1. The van der Waals surface area contributed by atoms with Crippen molar-refractivity contribution in [2.75, 3.05) is 56.5 Å². The number of likely N-dealkylation sites (N-methyl/N-ethyl adjacent to an activating group) is 1. The number of nitrogens with one attached hydrogen (secondary N) is 1. The topological polar surface area (TPSA) is 73.0 Å². The molecule has 2 heterocycles. The minimum absolute atomic E-state index is 0.0321. The Morgan fingerprint density at radius 3 is 2.18 bits per heavy atom. The molecule has 8 heteroatoms. The third kappa shape index (κ3) is 5.29. The lowest BCUT2D eigenvalue weighted by atomic mass is 9.97. The van der Waals surface area contributed by atoms with Crippen molar-refractivity contribution in [1.29, 1.82) is 0 Å². The summed E-state index contributed by atoms with van der Waals surface area (Å²) in [5, 5.41) is 3.06. The lowest BCUT2D eigenvalue weighted by Crippen LogP contribution is -2.44. The van der Waals surface area contributed by atoms with Gasteiger partial charge in [-0.1, -0.05) is 17.7 Å². The van der Waals surface area contributed by atoms with Gasteiger partial charge < -0.3 is 15.1 Å². The zero-order valence-corrected chi connectivity index (χ0v) is 21.5. The number of benzene rings is 2. The molecule has 2 aromatic rings. The standard InChI is InChI=1S/C26H36N4O3S/c1-19-5-8-25(21(3)17-19)34(32,33)30-11-9-22(10-12-30)26(31)27-23-6-7-24(20(2)18-23)29-15-13-28(4)14-16-29/h5-8,17-18,22H,9-16H2,1-4H3,(H,27,31). The molecular weight excluding hydrogens is 448 g/mol. The molecule has 2 saturated heterocycles. The highest BCUT2D eigenvalue weighted by Crippen LogP contribution is 2.28. The number of hydrogen-bond donors (Lipinski definition) is 1. The lowest BCUT2D eigenvalue weighted by Gasteiger charge is -2.35. The molecule has 1 N–H and O–H groups in total. The van der Waals surface area contributed by atoms with Gasteiger partial charge in [0.2, 0.25) is 15.9 Å². The summed E-state index contributed by atoms with van der Waals surface area (Å²) < 4.78 is 27.8. The fourth-order valence-corrected chi connectivity index (χ4v) is 6.64. The van der Waals surface area contributed by atoms with E-state index in [1.54, 1.807) is 6.07 Å². The summed E-state index contributed by atoms with van der Waals surface area (Å²) in [7, 11) is -1.40. The first kappa shape index (κ1) is 24.7. The molecule has 0 radical (unpaired) electrons. The summed E-state index contributed by atoms with van der Waals surface area (Å²) in [6, 6.07) is 11.5. The Morgan fingerprint density at radius 1 is 0.882 bits per heavy atom. The van der Waals surface area contributed by atoms with Crippen LogP contribution >= 0.6 is 0 Å². The van der Waals surface area contributed by atoms with E-state index < -0.39 is 10.0 Å². The number of hydrogen-bond acceptors (Lipinski definition) is 5. The number of piperazine rings is 1. The highest BCUT2D eigenvalue weighted by molar-refractivity contribution is 7.89. The van der Waals surface area contributed by atoms with Crippen LogP contribution in [0.2, 0.25) is 0 Å². The lowest BCUT2D eigenvalue weighted by molar-refractivity contribution is -0.120. The number of carbonyl (C=O) groups excluding carboxylic acids is 1. The smallest absolute Gasteiger partial charge is 0.243 e. The second-order valence-corrected chi connectivity index (χ2v) is 11.6. The van der Waals surface area contributed by atoms with E-state index in [0.29, 0.717) is 30.8 Å². The molecular formula is C26H36N4O3S. The first-order chi connectivity index (χ1) is 16.1. The maximum absolute atomic E-state index is 13.1. The van der Waals surface area contributed by atoms with Crippen LogP contribution in [0.25, 0.3) is 0 Å². The predicted octanol–water partition coefficient (Wildman–Crippen LogP) is 3.40. The minimum Gasteiger partial charge on any atom is -0.369 e. The van der Waals surface area contributed by atoms with Crippen molar-refractivity contribution >= 4 is 27.3 Å². The Hall–Kier alpha value is -2.42. The molecule has 0 atom stereocenters. The number of carbonyl (C=O) groups is 1. The second-order valence-electron chi connectivity index (χ2n) is 9.73. The van der Waals surface area contributed by atoms with Crippen LogP contribution < -0.4 is 10.2 Å². The zero-order valence-electron chi connectivity index (χ0n) is 20.7. The van der Waals surface area contributed by atoms with Crippen molar-refractivity contribution in [2.24, 2.45) is 5.92 Å². The van der Waals surface area contributed by atoms with Crippen LogP contribution in [0.15, 0.2) is 41.3 Å². The van der Waals surface area contributed by atoms with E-state index in [1.165, 1.54) is 9.99 Å². The number of nitrogens with zero attached hydrogens (tertiary/aromatic N) is 3. The number of piperidine rings is 1. The molecule has 1 amide bonds. The van der Waals surface area contributed by atoms with E-state index in [0.717, 1.165) is 48.6 Å². The maximum atomic E-state index is 13.1. The van der Waals surface area contributed by atoms with E-state index in [1.807, 2.05) is 38.1 Å². The average molecular weight is 485 g/mol. The predicted molar refractivity (Wildman–Crippen MR) is 137 cm³/mol. The summed E-state index contributed by atoms with van der Waals surface area (Å²) in [6.07, 6.45) is 1.04. The van der Waals surface area contributed by atoms with Crippen molar-refractivity contribution in [1.82, 2.24) is 9.21 Å². The molecule has 0 saturated carbocycles. The van der Waals surface area contributed by atoms with Gasteiger partial charge in [0.1, 0.15) is 0 Å². The van der Waals surface area contributed by atoms with Gasteiger partial charge in [-0.3, -0.25) is 4.79 Å². The summed E-state index contributed by atoms with van der Waals surface area (Å²) in [6.45, 7) is 10.7. The normalized spacial score (nSPS) is 18.8. The average Bonchev–Trinajstić information content (AvgIpc) is 2.80. The second kappa shape index (κ2) is 10.1. The number of aryl methyl sites for hydroxylation is 3. The van der Waals surface area contributed by atoms with Gasteiger partial charge in [-0.15, -0.1) is 0 Å². The van der Waals surface area contributed by atoms with Crippen LogP contribution in [-0.4, -0.2) is 69.8 Å². The van der Waals surface area contributed by atoms with Crippen LogP contribution in [0, 0.1) is 26.7 Å². The van der Waals surface area contributed by atoms with Crippen molar-refractivity contribution < 1.29 is 13.2 Å². The Morgan fingerprint density at radius 2 is 1.56 bits per heavy atom. The number of amides is 1. The summed E-state index contributed by atoms with van der Waals surface area (Å²) in [4.78, 5) is 18.0. The van der Waals surface area contributed by atoms with E-state index >= 15 is 0 Å². The largest absolute Gasteiger partial charge is 0.369 e. The summed E-state index contributed by atoms with van der Waals surface area (Å²) in [5.41, 5.74) is 4.97. The first-order valence-electron chi connectivity index (χ1n) is 12.1. The first-order valence-corrected chi connectivity index (χ1v) is 13.5. The van der Waals surface area contributed by atoms with Crippen LogP contribution in [0.3, 0.4) is 0 Å². The molecule has 2 aliphatic rings. The highest BCUT2D eigenvalue weighted by Gasteiger charge is 2.33. The van der Waals surface area contributed by atoms with E-state index in [2.05, 4.69) is 35.2 Å². The number of anilines is 2. The van der Waals surface area contributed by atoms with E-state index in [-0.39, 0.29) is 11.8 Å². The van der Waals surface area contributed by atoms with Gasteiger partial charge in [-0.2, -0.15) is 4.31 Å². The van der Waals surface area contributed by atoms with Gasteiger partial charge >= 0.3 is 0 Å². The fraction of sp³-hybridized carbons (Fsp3) is 0.500.